The predicted octanol–water partition coefficient (Wildman–Crippen LogP) is -0.526. The molecule has 0 fully saturated rings. The summed E-state index contributed by atoms with van der Waals surface area (Å²) in [4.78, 5) is 0. The van der Waals surface area contributed by atoms with Crippen LogP contribution in [0.2, 0.25) is 0 Å². The molecule has 1 aromatic rings. The second-order valence-corrected chi connectivity index (χ2v) is 2.34. The van der Waals surface area contributed by atoms with E-state index in [1.54, 1.807) is 16.9 Å². The quantitative estimate of drug-likeness (QED) is 0.584. The number of hydrogen-bond donors (Lipinski definition) is 2. The summed E-state index contributed by atoms with van der Waals surface area (Å²) in [5.41, 5.74) is 5.40. The summed E-state index contributed by atoms with van der Waals surface area (Å²) in [7, 11) is 0. The lowest BCUT2D eigenvalue weighted by Gasteiger charge is -2.01. The molecule has 1 aromatic heterocycles. The van der Waals surface area contributed by atoms with Crippen LogP contribution in [0.25, 0.3) is 0 Å². The van der Waals surface area contributed by atoms with Crippen molar-refractivity contribution in [2.45, 2.75) is 6.54 Å². The van der Waals surface area contributed by atoms with E-state index in [1.807, 2.05) is 0 Å². The Hall–Kier alpha value is -1.07. The maximum Gasteiger partial charge on any atom is 0.145 e. The lowest BCUT2D eigenvalue weighted by atomic mass is 10.6. The minimum Gasteiger partial charge on any atom is -0.394 e. The first-order valence-corrected chi connectivity index (χ1v) is 3.80. The van der Waals surface area contributed by atoms with E-state index in [0.717, 1.165) is 0 Å². The number of ether oxygens (including phenoxy) is 1. The topological polar surface area (TPSA) is 73.3 Å². The van der Waals surface area contributed by atoms with Crippen LogP contribution in [-0.2, 0) is 11.3 Å². The number of anilines is 1. The molecule has 12 heavy (non-hydrogen) atoms. The van der Waals surface area contributed by atoms with Gasteiger partial charge in [0.05, 0.1) is 26.4 Å². The Kier molecular flexibility index (Phi) is 3.56. The zero-order valence-corrected chi connectivity index (χ0v) is 6.81. The molecule has 0 aliphatic rings. The Morgan fingerprint density at radius 2 is 2.42 bits per heavy atom. The van der Waals surface area contributed by atoms with Crippen LogP contribution in [0, 0.1) is 0 Å². The minimum atomic E-state index is 0.0568. The summed E-state index contributed by atoms with van der Waals surface area (Å²) >= 11 is 0. The Morgan fingerprint density at radius 3 is 3.00 bits per heavy atom. The summed E-state index contributed by atoms with van der Waals surface area (Å²) < 4.78 is 6.75. The van der Waals surface area contributed by atoms with Crippen molar-refractivity contribution in [3.8, 4) is 0 Å². The van der Waals surface area contributed by atoms with Gasteiger partial charge < -0.3 is 15.6 Å². The lowest BCUT2D eigenvalue weighted by Crippen LogP contribution is -2.08. The largest absolute Gasteiger partial charge is 0.394 e. The van der Waals surface area contributed by atoms with Gasteiger partial charge in [-0.1, -0.05) is 0 Å². The number of nitrogens with zero attached hydrogens (tertiary/aromatic N) is 2. The molecular weight excluding hydrogens is 158 g/mol. The molecule has 0 spiro atoms. The number of aliphatic hydroxyl groups is 1. The van der Waals surface area contributed by atoms with E-state index in [0.29, 0.717) is 25.6 Å². The third-order valence-electron chi connectivity index (χ3n) is 1.36. The lowest BCUT2D eigenvalue weighted by molar-refractivity contribution is 0.0854. The summed E-state index contributed by atoms with van der Waals surface area (Å²) in [5, 5.41) is 12.4. The Bertz CT molecular complexity index is 224. The highest BCUT2D eigenvalue weighted by molar-refractivity contribution is 5.23. The van der Waals surface area contributed by atoms with Gasteiger partial charge in [0.1, 0.15) is 5.82 Å². The third-order valence-corrected chi connectivity index (χ3v) is 1.36. The summed E-state index contributed by atoms with van der Waals surface area (Å²) in [6.07, 6.45) is 1.79. The van der Waals surface area contributed by atoms with Crippen LogP contribution in [0.5, 0.6) is 0 Å². The normalized spacial score (nSPS) is 10.4. The average Bonchev–Trinajstić information content (AvgIpc) is 2.45. The van der Waals surface area contributed by atoms with E-state index in [1.165, 1.54) is 0 Å². The first-order valence-electron chi connectivity index (χ1n) is 3.80. The van der Waals surface area contributed by atoms with Gasteiger partial charge in [0.2, 0.25) is 0 Å². The molecule has 1 heterocycles. The van der Waals surface area contributed by atoms with Gasteiger partial charge in [-0.05, 0) is 6.07 Å². The fraction of sp³-hybridized carbons (Fsp3) is 0.571. The van der Waals surface area contributed by atoms with Crippen LogP contribution in [0.15, 0.2) is 12.3 Å². The number of aliphatic hydroxyl groups excluding tert-OH is 1. The highest BCUT2D eigenvalue weighted by Crippen LogP contribution is 1.94. The number of rotatable bonds is 5. The Labute approximate surface area is 70.7 Å². The van der Waals surface area contributed by atoms with Crippen molar-refractivity contribution in [2.75, 3.05) is 25.6 Å². The highest BCUT2D eigenvalue weighted by Gasteiger charge is 1.93. The van der Waals surface area contributed by atoms with Crippen molar-refractivity contribution in [2.24, 2.45) is 0 Å². The fourth-order valence-corrected chi connectivity index (χ4v) is 0.827. The van der Waals surface area contributed by atoms with Crippen molar-refractivity contribution < 1.29 is 9.84 Å². The molecule has 3 N–H and O–H groups in total. The third kappa shape index (κ3) is 2.89. The van der Waals surface area contributed by atoms with Gasteiger partial charge in [-0.3, -0.25) is 4.68 Å². The van der Waals surface area contributed by atoms with Crippen LogP contribution in [0.1, 0.15) is 0 Å². The van der Waals surface area contributed by atoms with Gasteiger partial charge in [-0.15, -0.1) is 0 Å². The Morgan fingerprint density at radius 1 is 1.58 bits per heavy atom. The van der Waals surface area contributed by atoms with Crippen LogP contribution >= 0.6 is 0 Å². The zero-order chi connectivity index (χ0) is 8.81. The van der Waals surface area contributed by atoms with Crippen molar-refractivity contribution in [3.63, 3.8) is 0 Å². The molecule has 0 amide bonds. The monoisotopic (exact) mass is 171 g/mol. The van der Waals surface area contributed by atoms with E-state index in [9.17, 15) is 0 Å². The van der Waals surface area contributed by atoms with Gasteiger partial charge in [-0.25, -0.2) is 0 Å². The second kappa shape index (κ2) is 4.74. The molecule has 0 bridgehead atoms. The standard InChI is InChI=1S/C7H13N3O2/c8-7-1-2-10(9-7)3-5-12-6-4-11/h1-2,11H,3-6H2,(H2,8,9). The summed E-state index contributed by atoms with van der Waals surface area (Å²) in [6, 6.07) is 1.73. The first-order chi connectivity index (χ1) is 5.83. The Balaban J connectivity index is 2.15. The zero-order valence-electron chi connectivity index (χ0n) is 6.81. The number of aromatic nitrogens is 2. The van der Waals surface area contributed by atoms with Gasteiger partial charge in [0.25, 0.3) is 0 Å². The molecule has 0 aliphatic heterocycles. The molecular formula is C7H13N3O2. The number of nitrogens with two attached hydrogens (primary N) is 1. The number of hydrogen-bond acceptors (Lipinski definition) is 4. The van der Waals surface area contributed by atoms with Crippen molar-refractivity contribution in [3.05, 3.63) is 12.3 Å². The maximum absolute atomic E-state index is 8.40. The predicted molar refractivity (Wildman–Crippen MR) is 44.5 cm³/mol. The molecule has 0 aromatic carbocycles. The summed E-state index contributed by atoms with van der Waals surface area (Å²) in [6.45, 7) is 1.64. The molecule has 5 nitrogen and oxygen atoms in total. The molecule has 0 aliphatic carbocycles. The van der Waals surface area contributed by atoms with Gasteiger partial charge in [0.15, 0.2) is 0 Å². The summed E-state index contributed by atoms with van der Waals surface area (Å²) in [5.74, 6) is 0.511. The maximum atomic E-state index is 8.40. The van der Waals surface area contributed by atoms with E-state index in [2.05, 4.69) is 5.10 Å². The smallest absolute Gasteiger partial charge is 0.145 e. The molecule has 1 rings (SSSR count). The van der Waals surface area contributed by atoms with E-state index < -0.39 is 0 Å². The van der Waals surface area contributed by atoms with Gasteiger partial charge in [-0.2, -0.15) is 5.10 Å². The SMILES string of the molecule is Nc1ccn(CCOCCO)n1. The molecule has 0 saturated carbocycles. The van der Waals surface area contributed by atoms with Crippen LogP contribution in [0.4, 0.5) is 5.82 Å². The fourth-order valence-electron chi connectivity index (χ4n) is 0.827. The van der Waals surface area contributed by atoms with Crippen LogP contribution < -0.4 is 5.73 Å². The molecule has 5 heteroatoms. The second-order valence-electron chi connectivity index (χ2n) is 2.34. The van der Waals surface area contributed by atoms with Crippen molar-refractivity contribution in [1.29, 1.82) is 0 Å². The minimum absolute atomic E-state index is 0.0568. The van der Waals surface area contributed by atoms with E-state index in [4.69, 9.17) is 15.6 Å². The first kappa shape index (κ1) is 9.02. The highest BCUT2D eigenvalue weighted by atomic mass is 16.5. The van der Waals surface area contributed by atoms with Crippen LogP contribution in [0.3, 0.4) is 0 Å². The molecule has 0 unspecified atom stereocenters. The van der Waals surface area contributed by atoms with Crippen LogP contribution in [-0.4, -0.2) is 34.7 Å². The van der Waals surface area contributed by atoms with Crippen molar-refractivity contribution >= 4 is 5.82 Å². The van der Waals surface area contributed by atoms with E-state index >= 15 is 0 Å². The van der Waals surface area contributed by atoms with Gasteiger partial charge in [0, 0.05) is 6.20 Å². The molecule has 0 saturated heterocycles. The molecule has 0 atom stereocenters. The molecule has 0 radical (unpaired) electrons. The van der Waals surface area contributed by atoms with Gasteiger partial charge >= 0.3 is 0 Å². The number of nitrogen functional groups attached to an aromatic ring is 1. The average molecular weight is 171 g/mol. The molecule has 68 valence electrons. The van der Waals surface area contributed by atoms with Crippen molar-refractivity contribution in [1.82, 2.24) is 9.78 Å². The van der Waals surface area contributed by atoms with E-state index in [-0.39, 0.29) is 6.61 Å².